The van der Waals surface area contributed by atoms with Crippen molar-refractivity contribution >= 4 is 17.2 Å². The first-order valence-corrected chi connectivity index (χ1v) is 9.72. The molecule has 2 aromatic heterocycles. The van der Waals surface area contributed by atoms with E-state index < -0.39 is 0 Å². The largest absolute Gasteiger partial charge is 0.457 e. The molecule has 0 aliphatic carbocycles. The molecular weight excluding hydrogens is 372 g/mol. The van der Waals surface area contributed by atoms with E-state index in [-0.39, 0.29) is 5.91 Å². The summed E-state index contributed by atoms with van der Waals surface area (Å²) in [6, 6.07) is 18.5. The molecule has 0 fully saturated rings. The van der Waals surface area contributed by atoms with Gasteiger partial charge in [-0.3, -0.25) is 4.79 Å². The molecule has 0 spiro atoms. The Bertz CT molecular complexity index is 1050. The SMILES string of the molecule is O=C(NCCc1csc(-n2cccn2)n1)c1ccccc1Oc1ccccc1. The van der Waals surface area contributed by atoms with E-state index in [1.165, 1.54) is 11.3 Å². The molecule has 4 rings (SSSR count). The highest BCUT2D eigenvalue weighted by atomic mass is 32.1. The van der Waals surface area contributed by atoms with Crippen LogP contribution in [0.15, 0.2) is 78.4 Å². The van der Waals surface area contributed by atoms with Gasteiger partial charge in [0.05, 0.1) is 11.3 Å². The maximum atomic E-state index is 12.6. The maximum Gasteiger partial charge on any atom is 0.255 e. The molecular formula is C21H18N4O2S. The number of carbonyl (C=O) groups excluding carboxylic acids is 1. The number of ether oxygens (including phenoxy) is 1. The summed E-state index contributed by atoms with van der Waals surface area (Å²) in [5, 5.41) is 9.91. The van der Waals surface area contributed by atoms with Gasteiger partial charge in [0.15, 0.2) is 0 Å². The van der Waals surface area contributed by atoms with Gasteiger partial charge in [0.1, 0.15) is 11.5 Å². The lowest BCUT2D eigenvalue weighted by Crippen LogP contribution is -2.26. The molecule has 28 heavy (non-hydrogen) atoms. The van der Waals surface area contributed by atoms with Crippen molar-refractivity contribution in [1.82, 2.24) is 20.1 Å². The van der Waals surface area contributed by atoms with Crippen molar-refractivity contribution in [1.29, 1.82) is 0 Å². The topological polar surface area (TPSA) is 69.0 Å². The van der Waals surface area contributed by atoms with Gasteiger partial charge in [0.25, 0.3) is 5.91 Å². The third-order valence-corrected chi connectivity index (χ3v) is 4.89. The van der Waals surface area contributed by atoms with E-state index in [1.54, 1.807) is 23.0 Å². The molecule has 0 saturated carbocycles. The van der Waals surface area contributed by atoms with Crippen LogP contribution in [0.2, 0.25) is 0 Å². The molecule has 0 aliphatic heterocycles. The Morgan fingerprint density at radius 3 is 2.71 bits per heavy atom. The van der Waals surface area contributed by atoms with E-state index in [4.69, 9.17) is 4.74 Å². The fourth-order valence-corrected chi connectivity index (χ4v) is 3.45. The van der Waals surface area contributed by atoms with E-state index in [9.17, 15) is 4.79 Å². The van der Waals surface area contributed by atoms with Gasteiger partial charge in [-0.2, -0.15) is 5.10 Å². The zero-order valence-electron chi connectivity index (χ0n) is 15.0. The number of benzene rings is 2. The normalized spacial score (nSPS) is 10.6. The molecule has 2 aromatic carbocycles. The average Bonchev–Trinajstić information content (AvgIpc) is 3.41. The molecule has 0 unspecified atom stereocenters. The zero-order chi connectivity index (χ0) is 19.2. The number of rotatable bonds is 7. The van der Waals surface area contributed by atoms with Crippen molar-refractivity contribution in [3.8, 4) is 16.6 Å². The second-order valence-corrected chi connectivity index (χ2v) is 6.83. The Kier molecular flexibility index (Phi) is 5.44. The molecule has 0 radical (unpaired) electrons. The van der Waals surface area contributed by atoms with Gasteiger partial charge in [-0.05, 0) is 30.3 Å². The molecule has 1 N–H and O–H groups in total. The summed E-state index contributed by atoms with van der Waals surface area (Å²) in [7, 11) is 0. The quantitative estimate of drug-likeness (QED) is 0.516. The third kappa shape index (κ3) is 4.27. The first-order valence-electron chi connectivity index (χ1n) is 8.84. The summed E-state index contributed by atoms with van der Waals surface area (Å²) in [5.74, 6) is 1.05. The monoisotopic (exact) mass is 390 g/mol. The smallest absolute Gasteiger partial charge is 0.255 e. The number of nitrogens with one attached hydrogen (secondary N) is 1. The predicted octanol–water partition coefficient (Wildman–Crippen LogP) is 4.09. The highest BCUT2D eigenvalue weighted by Crippen LogP contribution is 2.25. The van der Waals surface area contributed by atoms with Crippen molar-refractivity contribution < 1.29 is 9.53 Å². The van der Waals surface area contributed by atoms with Crippen LogP contribution in [0.25, 0.3) is 5.13 Å². The standard InChI is InChI=1S/C21H18N4O2S/c26-20(18-9-4-5-10-19(18)27-17-7-2-1-3-8-17)22-13-11-16-15-28-21(24-16)25-14-6-12-23-25/h1-10,12,14-15H,11,13H2,(H,22,26). The minimum atomic E-state index is -0.172. The van der Waals surface area contributed by atoms with Gasteiger partial charge >= 0.3 is 0 Å². The summed E-state index contributed by atoms with van der Waals surface area (Å²) >= 11 is 1.52. The van der Waals surface area contributed by atoms with Crippen molar-refractivity contribution in [2.75, 3.05) is 6.54 Å². The number of nitrogens with zero attached hydrogens (tertiary/aromatic N) is 3. The lowest BCUT2D eigenvalue weighted by molar-refractivity contribution is 0.0952. The number of amides is 1. The summed E-state index contributed by atoms with van der Waals surface area (Å²) in [6.45, 7) is 0.487. The molecule has 6 nitrogen and oxygen atoms in total. The first kappa shape index (κ1) is 17.9. The van der Waals surface area contributed by atoms with E-state index in [0.29, 0.717) is 30.0 Å². The molecule has 140 valence electrons. The Hall–Kier alpha value is -3.45. The lowest BCUT2D eigenvalue weighted by atomic mass is 10.2. The predicted molar refractivity (Wildman–Crippen MR) is 108 cm³/mol. The van der Waals surface area contributed by atoms with E-state index in [0.717, 1.165) is 10.8 Å². The van der Waals surface area contributed by atoms with Crippen molar-refractivity contribution in [3.63, 3.8) is 0 Å². The maximum absolute atomic E-state index is 12.6. The summed E-state index contributed by atoms with van der Waals surface area (Å²) in [5.41, 5.74) is 1.42. The van der Waals surface area contributed by atoms with Crippen LogP contribution in [0.1, 0.15) is 16.1 Å². The van der Waals surface area contributed by atoms with Crippen LogP contribution in [-0.4, -0.2) is 27.2 Å². The minimum absolute atomic E-state index is 0.172. The van der Waals surface area contributed by atoms with Crippen LogP contribution >= 0.6 is 11.3 Å². The van der Waals surface area contributed by atoms with Crippen LogP contribution in [0.4, 0.5) is 0 Å². The molecule has 7 heteroatoms. The van der Waals surface area contributed by atoms with Crippen LogP contribution in [0.5, 0.6) is 11.5 Å². The minimum Gasteiger partial charge on any atom is -0.457 e. The van der Waals surface area contributed by atoms with Crippen LogP contribution in [-0.2, 0) is 6.42 Å². The molecule has 0 saturated heterocycles. The Labute approximate surface area is 166 Å². The van der Waals surface area contributed by atoms with Crippen molar-refractivity contribution in [3.05, 3.63) is 89.7 Å². The van der Waals surface area contributed by atoms with Crippen molar-refractivity contribution in [2.24, 2.45) is 0 Å². The van der Waals surface area contributed by atoms with Gasteiger partial charge in [0, 0.05) is 30.7 Å². The van der Waals surface area contributed by atoms with Gasteiger partial charge in [-0.25, -0.2) is 9.67 Å². The summed E-state index contributed by atoms with van der Waals surface area (Å²) in [4.78, 5) is 17.2. The second kappa shape index (κ2) is 8.49. The number of hydrogen-bond acceptors (Lipinski definition) is 5. The molecule has 2 heterocycles. The molecule has 1 amide bonds. The van der Waals surface area contributed by atoms with Crippen LogP contribution < -0.4 is 10.1 Å². The lowest BCUT2D eigenvalue weighted by Gasteiger charge is -2.11. The second-order valence-electron chi connectivity index (χ2n) is 5.99. The van der Waals surface area contributed by atoms with Crippen molar-refractivity contribution in [2.45, 2.75) is 6.42 Å². The Morgan fingerprint density at radius 1 is 1.07 bits per heavy atom. The number of aromatic nitrogens is 3. The fourth-order valence-electron chi connectivity index (χ4n) is 2.66. The highest BCUT2D eigenvalue weighted by Gasteiger charge is 2.13. The van der Waals surface area contributed by atoms with Crippen LogP contribution in [0, 0.1) is 0 Å². The van der Waals surface area contributed by atoms with E-state index in [1.807, 2.05) is 60.1 Å². The van der Waals surface area contributed by atoms with Gasteiger partial charge < -0.3 is 10.1 Å². The zero-order valence-corrected chi connectivity index (χ0v) is 15.8. The summed E-state index contributed by atoms with van der Waals surface area (Å²) < 4.78 is 7.58. The Balaban J connectivity index is 1.37. The number of hydrogen-bond donors (Lipinski definition) is 1. The van der Waals surface area contributed by atoms with Crippen LogP contribution in [0.3, 0.4) is 0 Å². The summed E-state index contributed by atoms with van der Waals surface area (Å²) in [6.07, 6.45) is 4.22. The molecule has 4 aromatic rings. The van der Waals surface area contributed by atoms with Gasteiger partial charge in [0.2, 0.25) is 5.13 Å². The molecule has 0 atom stereocenters. The van der Waals surface area contributed by atoms with Gasteiger partial charge in [-0.1, -0.05) is 30.3 Å². The number of para-hydroxylation sites is 2. The Morgan fingerprint density at radius 2 is 1.89 bits per heavy atom. The number of thiazole rings is 1. The average molecular weight is 390 g/mol. The third-order valence-electron chi connectivity index (χ3n) is 4.01. The number of carbonyl (C=O) groups is 1. The first-order chi connectivity index (χ1) is 13.8. The van der Waals surface area contributed by atoms with E-state index in [2.05, 4.69) is 15.4 Å². The van der Waals surface area contributed by atoms with Gasteiger partial charge in [-0.15, -0.1) is 11.3 Å². The molecule has 0 bridgehead atoms. The molecule has 0 aliphatic rings. The van der Waals surface area contributed by atoms with E-state index >= 15 is 0 Å². The fraction of sp³-hybridized carbons (Fsp3) is 0.0952. The highest BCUT2D eigenvalue weighted by molar-refractivity contribution is 7.12.